The van der Waals surface area contributed by atoms with Gasteiger partial charge in [0.2, 0.25) is 0 Å². The van der Waals surface area contributed by atoms with Gasteiger partial charge < -0.3 is 5.11 Å². The lowest BCUT2D eigenvalue weighted by Gasteiger charge is -2.10. The second kappa shape index (κ2) is 4.67. The van der Waals surface area contributed by atoms with Crippen molar-refractivity contribution in [2.75, 3.05) is 0 Å². The lowest BCUT2D eigenvalue weighted by atomic mass is 10.0. The summed E-state index contributed by atoms with van der Waals surface area (Å²) in [4.78, 5) is 7.76. The van der Waals surface area contributed by atoms with E-state index in [0.717, 1.165) is 9.13 Å². The highest BCUT2D eigenvalue weighted by molar-refractivity contribution is 14.1. The number of benzene rings is 1. The highest BCUT2D eigenvalue weighted by atomic mass is 127. The van der Waals surface area contributed by atoms with E-state index < -0.39 is 6.10 Å². The quantitative estimate of drug-likeness (QED) is 0.865. The van der Waals surface area contributed by atoms with Crippen LogP contribution in [0.15, 0.2) is 43.0 Å². The van der Waals surface area contributed by atoms with Gasteiger partial charge in [-0.25, -0.2) is 9.97 Å². The van der Waals surface area contributed by atoms with Gasteiger partial charge in [-0.05, 0) is 40.3 Å². The van der Waals surface area contributed by atoms with Gasteiger partial charge in [0, 0.05) is 21.5 Å². The van der Waals surface area contributed by atoms with Gasteiger partial charge in [0.15, 0.2) is 0 Å². The average Bonchev–Trinajstić information content (AvgIpc) is 2.29. The third-order valence-corrected chi connectivity index (χ3v) is 2.73. The van der Waals surface area contributed by atoms with E-state index in [2.05, 4.69) is 32.6 Å². The van der Waals surface area contributed by atoms with Gasteiger partial charge in [0.25, 0.3) is 0 Å². The van der Waals surface area contributed by atoms with E-state index in [0.29, 0.717) is 5.56 Å². The van der Waals surface area contributed by atoms with Crippen LogP contribution < -0.4 is 0 Å². The van der Waals surface area contributed by atoms with E-state index >= 15 is 0 Å². The minimum atomic E-state index is -0.652. The molecule has 1 atom stereocenters. The van der Waals surface area contributed by atoms with E-state index in [1.165, 1.54) is 6.33 Å². The molecule has 0 aliphatic rings. The van der Waals surface area contributed by atoms with Crippen molar-refractivity contribution >= 4 is 22.6 Å². The zero-order chi connectivity index (χ0) is 10.7. The van der Waals surface area contributed by atoms with Crippen molar-refractivity contribution in [3.05, 3.63) is 57.7 Å². The molecule has 0 aliphatic carbocycles. The van der Waals surface area contributed by atoms with Crippen LogP contribution in [0.5, 0.6) is 0 Å². The second-order valence-electron chi connectivity index (χ2n) is 3.13. The fourth-order valence-corrected chi connectivity index (χ4v) is 1.89. The molecular weight excluding hydrogens is 303 g/mol. The summed E-state index contributed by atoms with van der Waals surface area (Å²) in [6, 6.07) is 7.74. The normalized spacial score (nSPS) is 12.4. The van der Waals surface area contributed by atoms with Crippen LogP contribution in [0.3, 0.4) is 0 Å². The highest BCUT2D eigenvalue weighted by Crippen LogP contribution is 2.21. The molecule has 0 saturated heterocycles. The maximum Gasteiger partial charge on any atom is 0.115 e. The van der Waals surface area contributed by atoms with Crippen molar-refractivity contribution in [1.29, 1.82) is 0 Å². The largest absolute Gasteiger partial charge is 0.384 e. The zero-order valence-corrected chi connectivity index (χ0v) is 10.00. The van der Waals surface area contributed by atoms with Crippen LogP contribution in [-0.2, 0) is 0 Å². The summed E-state index contributed by atoms with van der Waals surface area (Å²) < 4.78 is 1.10. The van der Waals surface area contributed by atoms with Crippen LogP contribution in [-0.4, -0.2) is 15.1 Å². The molecule has 15 heavy (non-hydrogen) atoms. The summed E-state index contributed by atoms with van der Waals surface area (Å²) in [7, 11) is 0. The van der Waals surface area contributed by atoms with Crippen LogP contribution in [0.2, 0.25) is 0 Å². The molecule has 1 N–H and O–H groups in total. The smallest absolute Gasteiger partial charge is 0.115 e. The molecule has 2 rings (SSSR count). The lowest BCUT2D eigenvalue weighted by Crippen LogP contribution is -2.00. The maximum atomic E-state index is 10.0. The molecule has 1 unspecified atom stereocenters. The van der Waals surface area contributed by atoms with Crippen molar-refractivity contribution in [3.8, 4) is 0 Å². The molecule has 0 amide bonds. The summed E-state index contributed by atoms with van der Waals surface area (Å²) in [6.45, 7) is 0. The molecule has 0 bridgehead atoms. The molecule has 1 aromatic carbocycles. The van der Waals surface area contributed by atoms with Gasteiger partial charge in [-0.2, -0.15) is 0 Å². The Hall–Kier alpha value is -1.01. The van der Waals surface area contributed by atoms with Crippen molar-refractivity contribution in [1.82, 2.24) is 9.97 Å². The number of aliphatic hydroxyl groups is 1. The molecule has 2 aromatic rings. The summed E-state index contributed by atoms with van der Waals surface area (Å²) in [5.41, 5.74) is 1.57. The molecule has 0 radical (unpaired) electrons. The Morgan fingerprint density at radius 2 is 1.87 bits per heavy atom. The van der Waals surface area contributed by atoms with Crippen molar-refractivity contribution < 1.29 is 5.11 Å². The zero-order valence-electron chi connectivity index (χ0n) is 7.84. The fraction of sp³-hybridized carbons (Fsp3) is 0.0909. The Morgan fingerprint density at radius 3 is 2.53 bits per heavy atom. The minimum absolute atomic E-state index is 0.652. The first-order valence-electron chi connectivity index (χ1n) is 4.46. The van der Waals surface area contributed by atoms with E-state index in [9.17, 15) is 5.11 Å². The van der Waals surface area contributed by atoms with E-state index in [1.807, 2.05) is 24.3 Å². The number of hydrogen-bond acceptors (Lipinski definition) is 3. The SMILES string of the molecule is OC(c1cncnc1)c1cccc(I)c1. The molecule has 1 aromatic heterocycles. The van der Waals surface area contributed by atoms with Gasteiger partial charge in [-0.3, -0.25) is 0 Å². The Kier molecular flexibility index (Phi) is 3.27. The molecule has 4 heteroatoms. The monoisotopic (exact) mass is 312 g/mol. The molecule has 1 heterocycles. The molecule has 0 aliphatic heterocycles. The van der Waals surface area contributed by atoms with Crippen LogP contribution in [0, 0.1) is 3.57 Å². The van der Waals surface area contributed by atoms with E-state index in [1.54, 1.807) is 12.4 Å². The fourth-order valence-electron chi connectivity index (χ4n) is 1.32. The van der Waals surface area contributed by atoms with Gasteiger partial charge in [-0.15, -0.1) is 0 Å². The van der Waals surface area contributed by atoms with Gasteiger partial charge >= 0.3 is 0 Å². The minimum Gasteiger partial charge on any atom is -0.384 e. The topological polar surface area (TPSA) is 46.0 Å². The predicted molar refractivity (Wildman–Crippen MR) is 65.3 cm³/mol. The summed E-state index contributed by atoms with van der Waals surface area (Å²) in [6.07, 6.45) is 4.04. The van der Waals surface area contributed by atoms with Crippen molar-refractivity contribution in [2.45, 2.75) is 6.10 Å². The first-order valence-corrected chi connectivity index (χ1v) is 5.53. The molecule has 0 spiro atoms. The van der Waals surface area contributed by atoms with E-state index in [-0.39, 0.29) is 0 Å². The van der Waals surface area contributed by atoms with Crippen LogP contribution >= 0.6 is 22.6 Å². The van der Waals surface area contributed by atoms with Crippen LogP contribution in [0.1, 0.15) is 17.2 Å². The van der Waals surface area contributed by atoms with Crippen molar-refractivity contribution in [2.24, 2.45) is 0 Å². The molecule has 0 fully saturated rings. The van der Waals surface area contributed by atoms with Crippen LogP contribution in [0.25, 0.3) is 0 Å². The standard InChI is InChI=1S/C11H9IN2O/c12-10-3-1-2-8(4-10)11(15)9-5-13-7-14-6-9/h1-7,11,15H. The third-order valence-electron chi connectivity index (χ3n) is 2.06. The van der Waals surface area contributed by atoms with Gasteiger partial charge in [0.1, 0.15) is 12.4 Å². The Balaban J connectivity index is 2.32. The number of aromatic nitrogens is 2. The number of rotatable bonds is 2. The molecule has 76 valence electrons. The molecular formula is C11H9IN2O. The first-order chi connectivity index (χ1) is 7.27. The Bertz CT molecular complexity index is 447. The summed E-state index contributed by atoms with van der Waals surface area (Å²) in [5, 5.41) is 10.0. The predicted octanol–water partition coefficient (Wildman–Crippen LogP) is 2.16. The van der Waals surface area contributed by atoms with E-state index in [4.69, 9.17) is 0 Å². The van der Waals surface area contributed by atoms with Gasteiger partial charge in [-0.1, -0.05) is 12.1 Å². The molecule has 3 nitrogen and oxygen atoms in total. The summed E-state index contributed by atoms with van der Waals surface area (Å²) >= 11 is 2.22. The number of nitrogens with zero attached hydrogens (tertiary/aromatic N) is 2. The third kappa shape index (κ3) is 2.51. The van der Waals surface area contributed by atoms with Crippen molar-refractivity contribution in [3.63, 3.8) is 0 Å². The lowest BCUT2D eigenvalue weighted by molar-refractivity contribution is 0.219. The van der Waals surface area contributed by atoms with Gasteiger partial charge in [0.05, 0.1) is 0 Å². The highest BCUT2D eigenvalue weighted by Gasteiger charge is 2.10. The summed E-state index contributed by atoms with van der Waals surface area (Å²) in [5.74, 6) is 0. The molecule has 0 saturated carbocycles. The number of hydrogen-bond donors (Lipinski definition) is 1. The second-order valence-corrected chi connectivity index (χ2v) is 4.37. The maximum absolute atomic E-state index is 10.0. The average molecular weight is 312 g/mol. The Labute approximate surface area is 101 Å². The number of halogens is 1. The first kappa shape index (κ1) is 10.5. The Morgan fingerprint density at radius 1 is 1.13 bits per heavy atom. The van der Waals surface area contributed by atoms with Crippen LogP contribution in [0.4, 0.5) is 0 Å². The number of aliphatic hydroxyl groups excluding tert-OH is 1.